The summed E-state index contributed by atoms with van der Waals surface area (Å²) in [6, 6.07) is 0.339. The van der Waals surface area contributed by atoms with Gasteiger partial charge in [-0.2, -0.15) is 0 Å². The molecular weight excluding hydrogens is 290 g/mol. The van der Waals surface area contributed by atoms with E-state index >= 15 is 0 Å². The molecule has 4 fully saturated rings. The van der Waals surface area contributed by atoms with E-state index in [1.165, 1.54) is 0 Å². The van der Waals surface area contributed by atoms with Gasteiger partial charge in [-0.25, -0.2) is 0 Å². The Balaban J connectivity index is 1.63. The summed E-state index contributed by atoms with van der Waals surface area (Å²) in [6.07, 6.45) is 8.05. The van der Waals surface area contributed by atoms with Crippen LogP contribution in [-0.4, -0.2) is 23.0 Å². The fourth-order valence-corrected chi connectivity index (χ4v) is 7.11. The van der Waals surface area contributed by atoms with Crippen molar-refractivity contribution >= 4 is 11.9 Å². The number of piperidine rings is 1. The zero-order valence-electron chi connectivity index (χ0n) is 14.3. The molecule has 7 atom stereocenters. The van der Waals surface area contributed by atoms with Gasteiger partial charge in [0, 0.05) is 12.5 Å². The van der Waals surface area contributed by atoms with Gasteiger partial charge in [0.25, 0.3) is 0 Å². The second kappa shape index (κ2) is 4.97. The SMILES string of the molecule is CC12CCC3C(CC[C@H]4NC(=O)CCC34C)C1CCC2C(=O)O. The molecule has 1 aliphatic heterocycles. The van der Waals surface area contributed by atoms with E-state index in [-0.39, 0.29) is 22.7 Å². The molecule has 3 aliphatic carbocycles. The summed E-state index contributed by atoms with van der Waals surface area (Å²) in [5, 5.41) is 12.9. The Morgan fingerprint density at radius 3 is 2.52 bits per heavy atom. The smallest absolute Gasteiger partial charge is 0.307 e. The second-order valence-electron chi connectivity index (χ2n) is 9.09. The monoisotopic (exact) mass is 319 g/mol. The topological polar surface area (TPSA) is 66.4 Å². The van der Waals surface area contributed by atoms with E-state index in [2.05, 4.69) is 19.2 Å². The molecule has 0 radical (unpaired) electrons. The van der Waals surface area contributed by atoms with Gasteiger partial charge in [0.2, 0.25) is 5.91 Å². The average molecular weight is 319 g/mol. The molecular formula is C19H29NO3. The summed E-state index contributed by atoms with van der Waals surface area (Å²) < 4.78 is 0. The highest BCUT2D eigenvalue weighted by Gasteiger charge is 2.61. The average Bonchev–Trinajstić information content (AvgIpc) is 2.85. The summed E-state index contributed by atoms with van der Waals surface area (Å²) in [5.41, 5.74) is 0.216. The van der Waals surface area contributed by atoms with Gasteiger partial charge in [0.1, 0.15) is 0 Å². The molecule has 23 heavy (non-hydrogen) atoms. The standard InChI is InChI=1S/C19H29NO3/c1-18-9-7-13-11(12(18)4-5-14(18)17(22)23)3-6-15-19(13,2)10-8-16(21)20-15/h11-15H,3-10H2,1-2H3,(H,20,21)(H,22,23)/t11?,12?,13?,14?,15-,18?,19?/m1/s1. The number of carbonyl (C=O) groups is 2. The van der Waals surface area contributed by atoms with E-state index in [9.17, 15) is 14.7 Å². The molecule has 1 amide bonds. The lowest BCUT2D eigenvalue weighted by Gasteiger charge is -2.60. The minimum absolute atomic E-state index is 0.00584. The van der Waals surface area contributed by atoms with Crippen molar-refractivity contribution in [2.45, 2.75) is 71.3 Å². The normalized spacial score (nSPS) is 52.1. The third-order valence-electron chi connectivity index (χ3n) is 8.39. The van der Waals surface area contributed by atoms with Crippen LogP contribution in [0.15, 0.2) is 0 Å². The number of rotatable bonds is 1. The fraction of sp³-hybridized carbons (Fsp3) is 0.895. The molecule has 4 nitrogen and oxygen atoms in total. The zero-order chi connectivity index (χ0) is 16.4. The number of nitrogens with one attached hydrogen (secondary N) is 1. The molecule has 4 aliphatic rings. The van der Waals surface area contributed by atoms with E-state index in [4.69, 9.17) is 0 Å². The lowest BCUT2D eigenvalue weighted by molar-refractivity contribution is -0.152. The van der Waals surface area contributed by atoms with Crippen LogP contribution in [0.1, 0.15) is 65.2 Å². The molecule has 2 N–H and O–H groups in total. The first-order valence-electron chi connectivity index (χ1n) is 9.38. The highest BCUT2D eigenvalue weighted by molar-refractivity contribution is 5.77. The Labute approximate surface area is 138 Å². The van der Waals surface area contributed by atoms with Crippen LogP contribution in [0.4, 0.5) is 0 Å². The maximum atomic E-state index is 11.8. The maximum absolute atomic E-state index is 11.8. The lowest BCUT2D eigenvalue weighted by atomic mass is 9.47. The molecule has 0 bridgehead atoms. The molecule has 128 valence electrons. The summed E-state index contributed by atoms with van der Waals surface area (Å²) >= 11 is 0. The van der Waals surface area contributed by atoms with Gasteiger partial charge in [0.15, 0.2) is 0 Å². The second-order valence-corrected chi connectivity index (χ2v) is 9.09. The number of amides is 1. The summed E-state index contributed by atoms with van der Waals surface area (Å²) in [5.74, 6) is 1.38. The van der Waals surface area contributed by atoms with Crippen molar-refractivity contribution in [2.75, 3.05) is 0 Å². The van der Waals surface area contributed by atoms with Crippen LogP contribution in [0, 0.1) is 34.5 Å². The van der Waals surface area contributed by atoms with Crippen molar-refractivity contribution < 1.29 is 14.7 Å². The van der Waals surface area contributed by atoms with Crippen molar-refractivity contribution in [3.63, 3.8) is 0 Å². The highest BCUT2D eigenvalue weighted by atomic mass is 16.4. The predicted octanol–water partition coefficient (Wildman–Crippen LogP) is 3.21. The lowest BCUT2D eigenvalue weighted by Crippen LogP contribution is -2.61. The number of fused-ring (bicyclic) bond motifs is 5. The molecule has 0 spiro atoms. The molecule has 0 aromatic rings. The van der Waals surface area contributed by atoms with Crippen molar-refractivity contribution in [1.82, 2.24) is 5.32 Å². The van der Waals surface area contributed by atoms with Gasteiger partial charge in [-0.3, -0.25) is 9.59 Å². The summed E-state index contributed by atoms with van der Waals surface area (Å²) in [4.78, 5) is 23.5. The van der Waals surface area contributed by atoms with Crippen LogP contribution in [-0.2, 0) is 9.59 Å². The fourth-order valence-electron chi connectivity index (χ4n) is 7.11. The van der Waals surface area contributed by atoms with Crippen LogP contribution in [0.5, 0.6) is 0 Å². The third kappa shape index (κ3) is 2.02. The Kier molecular flexibility index (Phi) is 3.34. The quantitative estimate of drug-likeness (QED) is 0.780. The van der Waals surface area contributed by atoms with Crippen molar-refractivity contribution in [3.8, 4) is 0 Å². The zero-order valence-corrected chi connectivity index (χ0v) is 14.3. The van der Waals surface area contributed by atoms with Gasteiger partial charge in [-0.15, -0.1) is 0 Å². The maximum Gasteiger partial charge on any atom is 0.307 e. The Hall–Kier alpha value is -1.06. The van der Waals surface area contributed by atoms with E-state index in [0.717, 1.165) is 44.9 Å². The van der Waals surface area contributed by atoms with Gasteiger partial charge < -0.3 is 10.4 Å². The first kappa shape index (κ1) is 15.5. The predicted molar refractivity (Wildman–Crippen MR) is 86.7 cm³/mol. The summed E-state index contributed by atoms with van der Waals surface area (Å²) in [7, 11) is 0. The molecule has 1 saturated heterocycles. The highest BCUT2D eigenvalue weighted by Crippen LogP contribution is 2.65. The van der Waals surface area contributed by atoms with Crippen molar-refractivity contribution in [2.24, 2.45) is 34.5 Å². The van der Waals surface area contributed by atoms with Gasteiger partial charge in [-0.1, -0.05) is 13.8 Å². The van der Waals surface area contributed by atoms with Gasteiger partial charge in [0.05, 0.1) is 5.92 Å². The Morgan fingerprint density at radius 2 is 1.78 bits per heavy atom. The van der Waals surface area contributed by atoms with Crippen LogP contribution >= 0.6 is 0 Å². The van der Waals surface area contributed by atoms with Crippen molar-refractivity contribution in [3.05, 3.63) is 0 Å². The Morgan fingerprint density at radius 1 is 1.04 bits per heavy atom. The number of carboxylic acids is 1. The molecule has 1 heterocycles. The van der Waals surface area contributed by atoms with E-state index < -0.39 is 5.97 Å². The summed E-state index contributed by atoms with van der Waals surface area (Å²) in [6.45, 7) is 4.64. The number of carboxylic acid groups (broad SMARTS) is 1. The molecule has 0 aromatic carbocycles. The van der Waals surface area contributed by atoms with Crippen molar-refractivity contribution in [1.29, 1.82) is 0 Å². The van der Waals surface area contributed by atoms with Gasteiger partial charge in [-0.05, 0) is 73.5 Å². The van der Waals surface area contributed by atoms with E-state index in [1.807, 2.05) is 0 Å². The number of aliphatic carboxylic acids is 1. The first-order chi connectivity index (χ1) is 10.9. The van der Waals surface area contributed by atoms with Crippen LogP contribution < -0.4 is 5.32 Å². The Bertz CT molecular complexity index is 547. The molecule has 4 rings (SSSR count). The number of hydrogen-bond acceptors (Lipinski definition) is 2. The van der Waals surface area contributed by atoms with E-state index in [1.54, 1.807) is 0 Å². The van der Waals surface area contributed by atoms with Crippen LogP contribution in [0.2, 0.25) is 0 Å². The minimum atomic E-state index is -0.585. The molecule has 4 heteroatoms. The molecule has 0 aromatic heterocycles. The largest absolute Gasteiger partial charge is 0.481 e. The minimum Gasteiger partial charge on any atom is -0.481 e. The molecule has 3 saturated carbocycles. The number of hydrogen-bond donors (Lipinski definition) is 2. The first-order valence-corrected chi connectivity index (χ1v) is 9.38. The number of carbonyl (C=O) groups excluding carboxylic acids is 1. The molecule has 6 unspecified atom stereocenters. The van der Waals surface area contributed by atoms with Gasteiger partial charge >= 0.3 is 5.97 Å². The third-order valence-corrected chi connectivity index (χ3v) is 8.39. The van der Waals surface area contributed by atoms with E-state index in [0.29, 0.717) is 30.2 Å². The van der Waals surface area contributed by atoms with Crippen LogP contribution in [0.3, 0.4) is 0 Å². The van der Waals surface area contributed by atoms with Crippen LogP contribution in [0.25, 0.3) is 0 Å².